The molecule has 0 saturated carbocycles. The lowest BCUT2D eigenvalue weighted by atomic mass is 9.79. The van der Waals surface area contributed by atoms with Gasteiger partial charge in [0.1, 0.15) is 0 Å². The van der Waals surface area contributed by atoms with E-state index < -0.39 is 17.7 Å². The van der Waals surface area contributed by atoms with Crippen molar-refractivity contribution in [1.29, 1.82) is 0 Å². The number of alkyl halides is 2. The maximum Gasteiger partial charge on any atom is 0.314 e. The maximum atomic E-state index is 12.7. The summed E-state index contributed by atoms with van der Waals surface area (Å²) in [5.74, 6) is -0.802. The molecule has 0 saturated heterocycles. The van der Waals surface area contributed by atoms with Gasteiger partial charge in [-0.05, 0) is 17.7 Å². The Morgan fingerprint density at radius 1 is 1.16 bits per heavy atom. The summed E-state index contributed by atoms with van der Waals surface area (Å²) in [6.45, 7) is 3.82. The van der Waals surface area contributed by atoms with Crippen LogP contribution in [0.1, 0.15) is 37.4 Å². The van der Waals surface area contributed by atoms with Crippen LogP contribution in [-0.2, 0) is 5.41 Å². The molecule has 0 amide bonds. The van der Waals surface area contributed by atoms with Crippen molar-refractivity contribution in [1.82, 2.24) is 20.2 Å². The van der Waals surface area contributed by atoms with E-state index in [1.165, 1.54) is 6.20 Å². The van der Waals surface area contributed by atoms with Crippen LogP contribution >= 0.6 is 11.6 Å². The standard InChI is InChI=1S/C16H14ClF2N5O/c1-16(2,8-3-5-9(17)6-4-8)11-10(7-21-15(20)22-11)13-23-24-14(25-13)12(18)19/h3-7,12H,1-2H3,(H2,20,21,22). The number of benzene rings is 1. The molecule has 130 valence electrons. The number of anilines is 1. The smallest absolute Gasteiger partial charge is 0.314 e. The van der Waals surface area contributed by atoms with Crippen molar-refractivity contribution in [2.45, 2.75) is 25.7 Å². The van der Waals surface area contributed by atoms with Gasteiger partial charge in [-0.3, -0.25) is 0 Å². The summed E-state index contributed by atoms with van der Waals surface area (Å²) in [7, 11) is 0. The van der Waals surface area contributed by atoms with Gasteiger partial charge in [0.25, 0.3) is 11.8 Å². The van der Waals surface area contributed by atoms with Crippen molar-refractivity contribution in [3.05, 3.63) is 52.6 Å². The summed E-state index contributed by atoms with van der Waals surface area (Å²) in [6, 6.07) is 7.21. The lowest BCUT2D eigenvalue weighted by Gasteiger charge is -2.26. The molecule has 9 heteroatoms. The van der Waals surface area contributed by atoms with Crippen molar-refractivity contribution >= 4 is 17.5 Å². The van der Waals surface area contributed by atoms with Gasteiger partial charge in [-0.25, -0.2) is 9.97 Å². The van der Waals surface area contributed by atoms with Crippen LogP contribution in [0.5, 0.6) is 0 Å². The largest absolute Gasteiger partial charge is 0.415 e. The van der Waals surface area contributed by atoms with E-state index in [1.807, 2.05) is 26.0 Å². The lowest BCUT2D eigenvalue weighted by Crippen LogP contribution is -2.23. The minimum absolute atomic E-state index is 0.0504. The normalized spacial score (nSPS) is 11.9. The minimum Gasteiger partial charge on any atom is -0.415 e. The number of nitrogen functional groups attached to an aromatic ring is 1. The Kier molecular flexibility index (Phi) is 4.38. The van der Waals surface area contributed by atoms with Crippen molar-refractivity contribution in [3.63, 3.8) is 0 Å². The van der Waals surface area contributed by atoms with Gasteiger partial charge >= 0.3 is 6.43 Å². The molecule has 2 heterocycles. The van der Waals surface area contributed by atoms with Gasteiger partial charge in [-0.1, -0.05) is 37.6 Å². The molecule has 2 N–H and O–H groups in total. The van der Waals surface area contributed by atoms with Crippen LogP contribution in [0.15, 0.2) is 34.9 Å². The van der Waals surface area contributed by atoms with Crippen LogP contribution in [0.4, 0.5) is 14.7 Å². The molecule has 0 atom stereocenters. The summed E-state index contributed by atoms with van der Waals surface area (Å²) in [5, 5.41) is 7.63. The molecule has 6 nitrogen and oxygen atoms in total. The molecule has 0 unspecified atom stereocenters. The summed E-state index contributed by atoms with van der Waals surface area (Å²) in [4.78, 5) is 8.21. The third-order valence-corrected chi connectivity index (χ3v) is 4.08. The zero-order chi connectivity index (χ0) is 18.2. The zero-order valence-corrected chi connectivity index (χ0v) is 14.1. The Morgan fingerprint density at radius 2 is 1.84 bits per heavy atom. The number of hydrogen-bond donors (Lipinski definition) is 1. The minimum atomic E-state index is -2.86. The van der Waals surface area contributed by atoms with Gasteiger partial charge in [0.05, 0.1) is 11.3 Å². The molecule has 2 aromatic heterocycles. The molecule has 1 aromatic carbocycles. The molecular formula is C16H14ClF2N5O. The number of nitrogens with zero attached hydrogens (tertiary/aromatic N) is 4. The van der Waals surface area contributed by atoms with E-state index in [9.17, 15) is 8.78 Å². The molecule has 0 radical (unpaired) electrons. The second-order valence-corrected chi connectivity index (χ2v) is 6.30. The number of hydrogen-bond acceptors (Lipinski definition) is 6. The van der Waals surface area contributed by atoms with Crippen LogP contribution in [0.2, 0.25) is 5.02 Å². The second-order valence-electron chi connectivity index (χ2n) is 5.87. The Bertz CT molecular complexity index is 896. The van der Waals surface area contributed by atoms with Crippen LogP contribution in [0.3, 0.4) is 0 Å². The Morgan fingerprint density at radius 3 is 2.44 bits per heavy atom. The van der Waals surface area contributed by atoms with E-state index in [1.54, 1.807) is 12.1 Å². The van der Waals surface area contributed by atoms with Gasteiger partial charge < -0.3 is 10.2 Å². The number of aromatic nitrogens is 4. The van der Waals surface area contributed by atoms with Crippen LogP contribution in [0, 0.1) is 0 Å². The molecule has 0 aliphatic heterocycles. The van der Waals surface area contributed by atoms with E-state index in [0.717, 1.165) is 5.56 Å². The summed E-state index contributed by atoms with van der Waals surface area (Å²) in [5.41, 5.74) is 6.80. The predicted octanol–water partition coefficient (Wildman–Crippen LogP) is 4.03. The molecule has 25 heavy (non-hydrogen) atoms. The number of nitrogens with two attached hydrogens (primary N) is 1. The van der Waals surface area contributed by atoms with Crippen molar-refractivity contribution < 1.29 is 13.2 Å². The first-order valence-corrected chi connectivity index (χ1v) is 7.68. The SMILES string of the molecule is CC(C)(c1ccc(Cl)cc1)c1nc(N)ncc1-c1nnc(C(F)F)o1. The summed E-state index contributed by atoms with van der Waals surface area (Å²) < 4.78 is 30.5. The van der Waals surface area contributed by atoms with Gasteiger partial charge in [0.15, 0.2) is 0 Å². The van der Waals surface area contributed by atoms with Gasteiger partial charge in [0.2, 0.25) is 5.95 Å². The van der Waals surface area contributed by atoms with E-state index >= 15 is 0 Å². The average molecular weight is 366 g/mol. The Balaban J connectivity index is 2.14. The monoisotopic (exact) mass is 365 g/mol. The maximum absolute atomic E-state index is 12.7. The van der Waals surface area contributed by atoms with Crippen molar-refractivity contribution in [3.8, 4) is 11.5 Å². The molecule has 0 fully saturated rings. The third kappa shape index (κ3) is 3.30. The summed E-state index contributed by atoms with van der Waals surface area (Å²) >= 11 is 5.94. The first-order valence-electron chi connectivity index (χ1n) is 7.30. The topological polar surface area (TPSA) is 90.7 Å². The fraction of sp³-hybridized carbons (Fsp3) is 0.250. The number of rotatable bonds is 4. The van der Waals surface area contributed by atoms with E-state index in [0.29, 0.717) is 16.3 Å². The predicted molar refractivity (Wildman–Crippen MR) is 88.3 cm³/mol. The molecule has 0 aliphatic rings. The van der Waals surface area contributed by atoms with Crippen LogP contribution < -0.4 is 5.73 Å². The van der Waals surface area contributed by atoms with Gasteiger partial charge in [0, 0.05) is 16.6 Å². The molecule has 0 aliphatic carbocycles. The van der Waals surface area contributed by atoms with E-state index in [4.69, 9.17) is 21.8 Å². The zero-order valence-electron chi connectivity index (χ0n) is 13.4. The van der Waals surface area contributed by atoms with Gasteiger partial charge in [-0.2, -0.15) is 8.78 Å². The molecule has 3 rings (SSSR count). The van der Waals surface area contributed by atoms with Crippen LogP contribution in [-0.4, -0.2) is 20.2 Å². The van der Waals surface area contributed by atoms with Crippen LogP contribution in [0.25, 0.3) is 11.5 Å². The fourth-order valence-electron chi connectivity index (χ4n) is 2.46. The Hall–Kier alpha value is -2.61. The average Bonchev–Trinajstić information content (AvgIpc) is 3.05. The molecular weight excluding hydrogens is 352 g/mol. The second kappa shape index (κ2) is 6.36. The first kappa shape index (κ1) is 17.2. The first-order chi connectivity index (χ1) is 11.8. The number of halogens is 3. The van der Waals surface area contributed by atoms with E-state index in [2.05, 4.69) is 20.2 Å². The highest BCUT2D eigenvalue weighted by Gasteiger charge is 2.31. The molecule has 3 aromatic rings. The van der Waals surface area contributed by atoms with Gasteiger partial charge in [-0.15, -0.1) is 10.2 Å². The highest BCUT2D eigenvalue weighted by Crippen LogP contribution is 2.37. The highest BCUT2D eigenvalue weighted by molar-refractivity contribution is 6.30. The lowest BCUT2D eigenvalue weighted by molar-refractivity contribution is 0.116. The van der Waals surface area contributed by atoms with E-state index in [-0.39, 0.29) is 11.8 Å². The van der Waals surface area contributed by atoms with Crippen molar-refractivity contribution in [2.75, 3.05) is 5.73 Å². The summed E-state index contributed by atoms with van der Waals surface area (Å²) in [6.07, 6.45) is -1.47. The van der Waals surface area contributed by atoms with Crippen molar-refractivity contribution in [2.24, 2.45) is 0 Å². The molecule has 0 spiro atoms. The fourth-order valence-corrected chi connectivity index (χ4v) is 2.59. The molecule has 0 bridgehead atoms. The quantitative estimate of drug-likeness (QED) is 0.750. The highest BCUT2D eigenvalue weighted by atomic mass is 35.5. The Labute approximate surface area is 147 Å². The third-order valence-electron chi connectivity index (χ3n) is 3.82.